The van der Waals surface area contributed by atoms with E-state index in [0.29, 0.717) is 27.5 Å². The highest BCUT2D eigenvalue weighted by atomic mass is 35.5. The summed E-state index contributed by atoms with van der Waals surface area (Å²) in [5.74, 6) is -0.642. The fraction of sp³-hybridized carbons (Fsp3) is 0.0667. The lowest BCUT2D eigenvalue weighted by Crippen LogP contribution is -2.21. The van der Waals surface area contributed by atoms with Crippen LogP contribution in [0.25, 0.3) is 0 Å². The average molecular weight is 304 g/mol. The molecule has 2 aromatic carbocycles. The van der Waals surface area contributed by atoms with Gasteiger partial charge in [-0.3, -0.25) is 9.59 Å². The number of amides is 2. The Kier molecular flexibility index (Phi) is 4.45. The first-order valence-corrected chi connectivity index (χ1v) is 6.58. The summed E-state index contributed by atoms with van der Waals surface area (Å²) >= 11 is 5.82. The zero-order valence-corrected chi connectivity index (χ0v) is 12.1. The molecule has 0 saturated heterocycles. The Morgan fingerprint density at radius 2 is 1.81 bits per heavy atom. The lowest BCUT2D eigenvalue weighted by atomic mass is 10.1. The predicted molar refractivity (Wildman–Crippen MR) is 83.6 cm³/mol. The molecular weight excluding hydrogens is 290 g/mol. The van der Waals surface area contributed by atoms with Crippen molar-refractivity contribution in [2.24, 2.45) is 0 Å². The van der Waals surface area contributed by atoms with Crippen molar-refractivity contribution < 1.29 is 9.59 Å². The molecule has 0 unspecified atom stereocenters. The molecule has 6 heteroatoms. The fourth-order valence-electron chi connectivity index (χ4n) is 1.80. The van der Waals surface area contributed by atoms with Gasteiger partial charge in [-0.05, 0) is 30.3 Å². The normalized spacial score (nSPS) is 10.0. The highest BCUT2D eigenvalue weighted by molar-refractivity contribution is 6.33. The summed E-state index contributed by atoms with van der Waals surface area (Å²) in [5.41, 5.74) is 7.17. The van der Waals surface area contributed by atoms with Crippen molar-refractivity contribution in [2.75, 3.05) is 18.1 Å². The molecule has 0 aliphatic heterocycles. The van der Waals surface area contributed by atoms with E-state index in [1.165, 1.54) is 13.1 Å². The Labute approximate surface area is 127 Å². The maximum atomic E-state index is 12.2. The first-order valence-electron chi connectivity index (χ1n) is 6.20. The number of rotatable bonds is 3. The molecule has 0 fully saturated rings. The van der Waals surface area contributed by atoms with Crippen molar-refractivity contribution in [1.29, 1.82) is 0 Å². The fourth-order valence-corrected chi connectivity index (χ4v) is 1.92. The van der Waals surface area contributed by atoms with Crippen molar-refractivity contribution in [3.8, 4) is 0 Å². The smallest absolute Gasteiger partial charge is 0.255 e. The molecule has 0 aliphatic rings. The van der Waals surface area contributed by atoms with E-state index < -0.39 is 0 Å². The van der Waals surface area contributed by atoms with Gasteiger partial charge in [0, 0.05) is 12.6 Å². The molecule has 0 spiro atoms. The Morgan fingerprint density at radius 1 is 1.10 bits per heavy atom. The zero-order chi connectivity index (χ0) is 15.4. The number of benzene rings is 2. The highest BCUT2D eigenvalue weighted by Gasteiger charge is 2.13. The Bertz CT molecular complexity index is 701. The van der Waals surface area contributed by atoms with Gasteiger partial charge in [0.05, 0.1) is 22.0 Å². The van der Waals surface area contributed by atoms with Crippen molar-refractivity contribution in [3.63, 3.8) is 0 Å². The molecule has 2 aromatic rings. The molecule has 0 heterocycles. The van der Waals surface area contributed by atoms with Crippen molar-refractivity contribution in [3.05, 3.63) is 58.6 Å². The number of halogens is 1. The van der Waals surface area contributed by atoms with Gasteiger partial charge in [-0.25, -0.2) is 0 Å². The molecular formula is C15H14ClN3O2. The molecule has 0 saturated carbocycles. The Balaban J connectivity index is 2.27. The van der Waals surface area contributed by atoms with E-state index >= 15 is 0 Å². The molecule has 108 valence electrons. The monoisotopic (exact) mass is 303 g/mol. The van der Waals surface area contributed by atoms with E-state index in [1.54, 1.807) is 36.4 Å². The number of nitrogens with one attached hydrogen (secondary N) is 2. The van der Waals surface area contributed by atoms with Gasteiger partial charge in [0.2, 0.25) is 0 Å². The van der Waals surface area contributed by atoms with Gasteiger partial charge in [0.25, 0.3) is 11.8 Å². The minimum atomic E-state index is -0.366. The van der Waals surface area contributed by atoms with Crippen LogP contribution in [-0.2, 0) is 0 Å². The second-order valence-electron chi connectivity index (χ2n) is 4.32. The van der Waals surface area contributed by atoms with Gasteiger partial charge >= 0.3 is 0 Å². The summed E-state index contributed by atoms with van der Waals surface area (Å²) < 4.78 is 0. The molecule has 5 nitrogen and oxygen atoms in total. The van der Waals surface area contributed by atoms with Crippen molar-refractivity contribution in [2.45, 2.75) is 0 Å². The molecule has 2 amide bonds. The number of carbonyl (C=O) groups excluding carboxylic acids is 2. The molecule has 0 bridgehead atoms. The molecule has 0 aliphatic carbocycles. The van der Waals surface area contributed by atoms with E-state index in [1.807, 2.05) is 0 Å². The standard InChI is InChI=1S/C15H14ClN3O2/c1-18-15(21)10-4-2-3-5-13(10)19-14(20)9-6-7-11(16)12(17)8-9/h2-8H,17H2,1H3,(H,18,21)(H,19,20). The van der Waals surface area contributed by atoms with Gasteiger partial charge in [-0.15, -0.1) is 0 Å². The number of hydrogen-bond donors (Lipinski definition) is 3. The molecule has 21 heavy (non-hydrogen) atoms. The number of nitrogen functional groups attached to an aromatic ring is 1. The first kappa shape index (κ1) is 14.9. The summed E-state index contributed by atoms with van der Waals surface area (Å²) in [6.07, 6.45) is 0. The summed E-state index contributed by atoms with van der Waals surface area (Å²) in [6, 6.07) is 11.3. The molecule has 0 radical (unpaired) electrons. The average Bonchev–Trinajstić information content (AvgIpc) is 2.49. The maximum absolute atomic E-state index is 12.2. The van der Waals surface area contributed by atoms with E-state index in [-0.39, 0.29) is 11.8 Å². The quantitative estimate of drug-likeness (QED) is 0.762. The predicted octanol–water partition coefficient (Wildman–Crippen LogP) is 2.53. The molecule has 2 rings (SSSR count). The lowest BCUT2D eigenvalue weighted by molar-refractivity contribution is 0.0964. The van der Waals surface area contributed by atoms with E-state index in [0.717, 1.165) is 0 Å². The second-order valence-corrected chi connectivity index (χ2v) is 4.72. The Morgan fingerprint density at radius 3 is 2.48 bits per heavy atom. The third-order valence-electron chi connectivity index (χ3n) is 2.91. The Hall–Kier alpha value is -2.53. The van der Waals surface area contributed by atoms with Crippen LogP contribution in [0.2, 0.25) is 5.02 Å². The van der Waals surface area contributed by atoms with Gasteiger partial charge in [-0.1, -0.05) is 23.7 Å². The third kappa shape index (κ3) is 3.32. The SMILES string of the molecule is CNC(=O)c1ccccc1NC(=O)c1ccc(Cl)c(N)c1. The van der Waals surface area contributed by atoms with Crippen LogP contribution in [0.15, 0.2) is 42.5 Å². The molecule has 0 atom stereocenters. The number of para-hydroxylation sites is 1. The van der Waals surface area contributed by atoms with Crippen LogP contribution in [0, 0.1) is 0 Å². The van der Waals surface area contributed by atoms with E-state index in [9.17, 15) is 9.59 Å². The van der Waals surface area contributed by atoms with Crippen LogP contribution in [0.1, 0.15) is 20.7 Å². The minimum Gasteiger partial charge on any atom is -0.398 e. The van der Waals surface area contributed by atoms with Crippen LogP contribution in [0.4, 0.5) is 11.4 Å². The second kappa shape index (κ2) is 6.28. The van der Waals surface area contributed by atoms with Crippen LogP contribution in [0.3, 0.4) is 0 Å². The summed E-state index contributed by atoms with van der Waals surface area (Å²) in [5, 5.41) is 5.60. The van der Waals surface area contributed by atoms with Crippen LogP contribution >= 0.6 is 11.6 Å². The minimum absolute atomic E-state index is 0.276. The van der Waals surface area contributed by atoms with Crippen molar-refractivity contribution in [1.82, 2.24) is 5.32 Å². The lowest BCUT2D eigenvalue weighted by Gasteiger charge is -2.10. The van der Waals surface area contributed by atoms with Gasteiger partial charge < -0.3 is 16.4 Å². The summed E-state index contributed by atoms with van der Waals surface area (Å²) in [6.45, 7) is 0. The zero-order valence-electron chi connectivity index (χ0n) is 11.3. The van der Waals surface area contributed by atoms with Crippen LogP contribution < -0.4 is 16.4 Å². The summed E-state index contributed by atoms with van der Waals surface area (Å²) in [7, 11) is 1.53. The van der Waals surface area contributed by atoms with Gasteiger partial charge in [0.1, 0.15) is 0 Å². The first-order chi connectivity index (χ1) is 10.0. The highest BCUT2D eigenvalue weighted by Crippen LogP contribution is 2.21. The van der Waals surface area contributed by atoms with Gasteiger partial charge in [-0.2, -0.15) is 0 Å². The van der Waals surface area contributed by atoms with Gasteiger partial charge in [0.15, 0.2) is 0 Å². The van der Waals surface area contributed by atoms with Crippen LogP contribution in [-0.4, -0.2) is 18.9 Å². The maximum Gasteiger partial charge on any atom is 0.255 e. The van der Waals surface area contributed by atoms with E-state index in [4.69, 9.17) is 17.3 Å². The van der Waals surface area contributed by atoms with Crippen LogP contribution in [0.5, 0.6) is 0 Å². The number of carbonyl (C=O) groups is 2. The largest absolute Gasteiger partial charge is 0.398 e. The number of hydrogen-bond acceptors (Lipinski definition) is 3. The van der Waals surface area contributed by atoms with E-state index in [2.05, 4.69) is 10.6 Å². The topological polar surface area (TPSA) is 84.2 Å². The molecule has 4 N–H and O–H groups in total. The third-order valence-corrected chi connectivity index (χ3v) is 3.25. The molecule has 0 aromatic heterocycles. The summed E-state index contributed by atoms with van der Waals surface area (Å²) in [4.78, 5) is 24.0. The number of anilines is 2. The van der Waals surface area contributed by atoms with Crippen molar-refractivity contribution >= 4 is 34.8 Å². The number of nitrogens with two attached hydrogens (primary N) is 1.